The fraction of sp³-hybridized carbons (Fsp3) is 0.231. The number of carbonyl (C=O) groups excluding carboxylic acids is 1. The highest BCUT2D eigenvalue weighted by molar-refractivity contribution is 5.94. The summed E-state index contributed by atoms with van der Waals surface area (Å²) in [5, 5.41) is 3.36. The normalized spacial score (nSPS) is 11.6. The number of carbonyl (C=O) groups is 1. The summed E-state index contributed by atoms with van der Waals surface area (Å²) in [6.07, 6.45) is -4.53. The van der Waals surface area contributed by atoms with Crippen LogP contribution in [0.2, 0.25) is 0 Å². The van der Waals surface area contributed by atoms with Gasteiger partial charge in [0.1, 0.15) is 5.56 Å². The monoisotopic (exact) mass is 269 g/mol. The minimum atomic E-state index is -4.53. The van der Waals surface area contributed by atoms with Crippen LogP contribution in [0.3, 0.4) is 0 Å². The Morgan fingerprint density at radius 3 is 2.26 bits per heavy atom. The third-order valence-corrected chi connectivity index (χ3v) is 2.70. The number of alkyl halides is 3. The fourth-order valence-electron chi connectivity index (χ4n) is 1.76. The zero-order valence-electron chi connectivity index (χ0n) is 10.2. The summed E-state index contributed by atoms with van der Waals surface area (Å²) in [7, 11) is 0. The van der Waals surface area contributed by atoms with E-state index in [2.05, 4.69) is 5.16 Å². The number of aryl methyl sites for hydroxylation is 1. The predicted molar refractivity (Wildman–Crippen MR) is 61.7 cm³/mol. The first-order valence-corrected chi connectivity index (χ1v) is 5.45. The molecule has 1 aromatic heterocycles. The van der Waals surface area contributed by atoms with Crippen molar-refractivity contribution >= 4 is 5.78 Å². The molecule has 1 heterocycles. The lowest BCUT2D eigenvalue weighted by Gasteiger charge is -2.06. The van der Waals surface area contributed by atoms with Crippen LogP contribution >= 0.6 is 0 Å². The molecule has 0 fully saturated rings. The first-order chi connectivity index (χ1) is 8.80. The first kappa shape index (κ1) is 13.3. The molecule has 19 heavy (non-hydrogen) atoms. The number of nitrogens with zero attached hydrogens (tertiary/aromatic N) is 1. The standard InChI is InChI=1S/C13H10F3NO2/c1-7-11(13(14,15)16)12(19-17-7)10-5-3-9(4-6-10)8(2)18/h3-6H,1-2H3. The Morgan fingerprint density at radius 2 is 1.79 bits per heavy atom. The summed E-state index contributed by atoms with van der Waals surface area (Å²) in [4.78, 5) is 11.1. The zero-order valence-corrected chi connectivity index (χ0v) is 10.2. The average Bonchev–Trinajstić information content (AvgIpc) is 2.71. The van der Waals surface area contributed by atoms with Gasteiger partial charge in [-0.15, -0.1) is 0 Å². The van der Waals surface area contributed by atoms with Crippen molar-refractivity contribution in [3.05, 3.63) is 41.1 Å². The van der Waals surface area contributed by atoms with Crippen molar-refractivity contribution in [3.8, 4) is 11.3 Å². The van der Waals surface area contributed by atoms with E-state index in [9.17, 15) is 18.0 Å². The summed E-state index contributed by atoms with van der Waals surface area (Å²) in [5.41, 5.74) is -0.437. The molecule has 0 N–H and O–H groups in total. The number of halogens is 3. The van der Waals surface area contributed by atoms with Gasteiger partial charge in [0.2, 0.25) is 0 Å². The third kappa shape index (κ3) is 2.52. The Hall–Kier alpha value is -2.11. The molecule has 0 saturated heterocycles. The number of aromatic nitrogens is 1. The molecule has 0 amide bonds. The molecule has 0 atom stereocenters. The minimum Gasteiger partial charge on any atom is -0.355 e. The van der Waals surface area contributed by atoms with Crippen molar-refractivity contribution < 1.29 is 22.5 Å². The van der Waals surface area contributed by atoms with E-state index in [1.165, 1.54) is 38.1 Å². The Morgan fingerprint density at radius 1 is 1.21 bits per heavy atom. The maximum atomic E-state index is 12.9. The van der Waals surface area contributed by atoms with Crippen LogP contribution in [0.5, 0.6) is 0 Å². The van der Waals surface area contributed by atoms with Gasteiger partial charge in [0, 0.05) is 11.1 Å². The van der Waals surface area contributed by atoms with Crippen LogP contribution in [-0.2, 0) is 6.18 Å². The molecule has 100 valence electrons. The van der Waals surface area contributed by atoms with Gasteiger partial charge < -0.3 is 4.52 Å². The molecule has 0 aliphatic rings. The van der Waals surface area contributed by atoms with Crippen molar-refractivity contribution in [1.82, 2.24) is 5.16 Å². The second-order valence-corrected chi connectivity index (χ2v) is 4.10. The van der Waals surface area contributed by atoms with Crippen LogP contribution < -0.4 is 0 Å². The van der Waals surface area contributed by atoms with Gasteiger partial charge >= 0.3 is 6.18 Å². The molecule has 0 bridgehead atoms. The summed E-state index contributed by atoms with van der Waals surface area (Å²) in [6, 6.07) is 5.73. The van der Waals surface area contributed by atoms with Gasteiger partial charge in [-0.05, 0) is 13.8 Å². The smallest absolute Gasteiger partial charge is 0.355 e. The van der Waals surface area contributed by atoms with Crippen molar-refractivity contribution in [2.75, 3.05) is 0 Å². The molecule has 0 saturated carbocycles. The molecular formula is C13H10F3NO2. The number of Topliss-reactive ketones (excluding diaryl/α,β-unsaturated/α-hetero) is 1. The average molecular weight is 269 g/mol. The van der Waals surface area contributed by atoms with Crippen LogP contribution in [-0.4, -0.2) is 10.9 Å². The van der Waals surface area contributed by atoms with Crippen molar-refractivity contribution in [2.24, 2.45) is 0 Å². The molecule has 2 aromatic rings. The maximum Gasteiger partial charge on any atom is 0.421 e. The lowest BCUT2D eigenvalue weighted by atomic mass is 10.0. The highest BCUT2D eigenvalue weighted by Crippen LogP contribution is 2.39. The van der Waals surface area contributed by atoms with Gasteiger partial charge in [0.05, 0.1) is 5.69 Å². The Balaban J connectivity index is 2.51. The molecule has 0 aliphatic carbocycles. The van der Waals surface area contributed by atoms with E-state index in [1.54, 1.807) is 0 Å². The summed E-state index contributed by atoms with van der Waals surface area (Å²) < 4.78 is 43.4. The van der Waals surface area contributed by atoms with Crippen LogP contribution in [0.25, 0.3) is 11.3 Å². The Labute approximate surface area is 107 Å². The summed E-state index contributed by atoms with van der Waals surface area (Å²) in [6.45, 7) is 2.62. The number of benzene rings is 1. The van der Waals surface area contributed by atoms with E-state index in [4.69, 9.17) is 4.52 Å². The molecule has 6 heteroatoms. The number of rotatable bonds is 2. The molecule has 0 aliphatic heterocycles. The number of ketones is 1. The van der Waals surface area contributed by atoms with Gasteiger partial charge in [0.15, 0.2) is 11.5 Å². The van der Waals surface area contributed by atoms with E-state index in [1.807, 2.05) is 0 Å². The largest absolute Gasteiger partial charge is 0.421 e. The molecule has 2 rings (SSSR count). The molecule has 3 nitrogen and oxygen atoms in total. The van der Waals surface area contributed by atoms with Crippen LogP contribution in [0, 0.1) is 6.92 Å². The van der Waals surface area contributed by atoms with Crippen LogP contribution in [0.15, 0.2) is 28.8 Å². The van der Waals surface area contributed by atoms with Crippen LogP contribution in [0.1, 0.15) is 28.5 Å². The first-order valence-electron chi connectivity index (χ1n) is 5.45. The molecule has 0 unspecified atom stereocenters. The predicted octanol–water partition coefficient (Wildman–Crippen LogP) is 3.87. The van der Waals surface area contributed by atoms with Gasteiger partial charge in [0.25, 0.3) is 0 Å². The van der Waals surface area contributed by atoms with Gasteiger partial charge in [-0.2, -0.15) is 13.2 Å². The number of hydrogen-bond acceptors (Lipinski definition) is 3. The van der Waals surface area contributed by atoms with Crippen molar-refractivity contribution in [2.45, 2.75) is 20.0 Å². The van der Waals surface area contributed by atoms with Crippen LogP contribution in [0.4, 0.5) is 13.2 Å². The second kappa shape index (κ2) is 4.53. The maximum absolute atomic E-state index is 12.9. The summed E-state index contributed by atoms with van der Waals surface area (Å²) in [5.74, 6) is -0.489. The highest BCUT2D eigenvalue weighted by Gasteiger charge is 2.39. The van der Waals surface area contributed by atoms with E-state index >= 15 is 0 Å². The molecular weight excluding hydrogens is 259 g/mol. The molecule has 0 radical (unpaired) electrons. The van der Waals surface area contributed by atoms with E-state index in [0.29, 0.717) is 5.56 Å². The second-order valence-electron chi connectivity index (χ2n) is 4.10. The fourth-order valence-corrected chi connectivity index (χ4v) is 1.76. The van der Waals surface area contributed by atoms with Gasteiger partial charge in [-0.25, -0.2) is 0 Å². The third-order valence-electron chi connectivity index (χ3n) is 2.70. The van der Waals surface area contributed by atoms with Crippen molar-refractivity contribution in [3.63, 3.8) is 0 Å². The van der Waals surface area contributed by atoms with E-state index in [0.717, 1.165) is 0 Å². The lowest BCUT2D eigenvalue weighted by Crippen LogP contribution is -2.07. The lowest BCUT2D eigenvalue weighted by molar-refractivity contribution is -0.137. The molecule has 1 aromatic carbocycles. The highest BCUT2D eigenvalue weighted by atomic mass is 19.4. The van der Waals surface area contributed by atoms with Gasteiger partial charge in [-0.1, -0.05) is 29.4 Å². The molecule has 0 spiro atoms. The van der Waals surface area contributed by atoms with Gasteiger partial charge in [-0.3, -0.25) is 4.79 Å². The SMILES string of the molecule is CC(=O)c1ccc(-c2onc(C)c2C(F)(F)F)cc1. The van der Waals surface area contributed by atoms with Crippen molar-refractivity contribution in [1.29, 1.82) is 0 Å². The Bertz CT molecular complexity index is 612. The van der Waals surface area contributed by atoms with E-state index in [-0.39, 0.29) is 22.8 Å². The minimum absolute atomic E-state index is 0.156. The zero-order chi connectivity index (χ0) is 14.2. The summed E-state index contributed by atoms with van der Waals surface area (Å²) >= 11 is 0. The quantitative estimate of drug-likeness (QED) is 0.777. The van der Waals surface area contributed by atoms with E-state index < -0.39 is 11.7 Å². The number of hydrogen-bond donors (Lipinski definition) is 0. The topological polar surface area (TPSA) is 43.1 Å². The Kier molecular flexibility index (Phi) is 3.18.